The van der Waals surface area contributed by atoms with Crippen LogP contribution in [0, 0.1) is 0 Å². The summed E-state index contributed by atoms with van der Waals surface area (Å²) in [7, 11) is 0. The minimum Gasteiger partial charge on any atom is -0.394 e. The zero-order chi connectivity index (χ0) is 14.4. The third-order valence-electron chi connectivity index (χ3n) is 3.13. The smallest absolute Gasteiger partial charge is 0.0965 e. The van der Waals surface area contributed by atoms with Crippen LogP contribution in [0.5, 0.6) is 0 Å². The van der Waals surface area contributed by atoms with Crippen LogP contribution in [0.25, 0.3) is 0 Å². The second-order valence-corrected chi connectivity index (χ2v) is 5.51. The van der Waals surface area contributed by atoms with E-state index in [9.17, 15) is 0 Å². The van der Waals surface area contributed by atoms with Gasteiger partial charge in [0.15, 0.2) is 0 Å². The van der Waals surface area contributed by atoms with Gasteiger partial charge in [-0.15, -0.1) is 5.10 Å². The highest BCUT2D eigenvalue weighted by Gasteiger charge is 2.09. The number of aliphatic hydroxyl groups excluding tert-OH is 1. The highest BCUT2D eigenvalue weighted by molar-refractivity contribution is 9.10. The molecule has 1 unspecified atom stereocenters. The number of hydrogen-bond donors (Lipinski definition) is 2. The Morgan fingerprint density at radius 1 is 1.35 bits per heavy atom. The molecule has 0 fully saturated rings. The van der Waals surface area contributed by atoms with E-state index in [0.717, 1.165) is 16.6 Å². The molecule has 0 radical (unpaired) electrons. The Labute approximate surface area is 127 Å². The van der Waals surface area contributed by atoms with E-state index < -0.39 is 0 Å². The van der Waals surface area contributed by atoms with Crippen LogP contribution in [-0.2, 0) is 13.1 Å². The standard InChI is InChI=1S/C14H19BrN4O/c1-2-14(11-3-5-12(15)6-4-11)16-9-13-10-19(7-8-20)18-17-13/h3-6,10,14,16,20H,2,7-9H2,1H3. The lowest BCUT2D eigenvalue weighted by molar-refractivity contribution is 0.268. The molecule has 108 valence electrons. The van der Waals surface area contributed by atoms with Crippen molar-refractivity contribution in [1.82, 2.24) is 20.3 Å². The van der Waals surface area contributed by atoms with E-state index >= 15 is 0 Å². The lowest BCUT2D eigenvalue weighted by atomic mass is 10.0. The van der Waals surface area contributed by atoms with Crippen molar-refractivity contribution in [2.75, 3.05) is 6.61 Å². The van der Waals surface area contributed by atoms with Crippen molar-refractivity contribution in [2.24, 2.45) is 0 Å². The summed E-state index contributed by atoms with van der Waals surface area (Å²) < 4.78 is 2.74. The average Bonchev–Trinajstić information content (AvgIpc) is 2.89. The van der Waals surface area contributed by atoms with Crippen LogP contribution in [0.2, 0.25) is 0 Å². The highest BCUT2D eigenvalue weighted by Crippen LogP contribution is 2.19. The summed E-state index contributed by atoms with van der Waals surface area (Å²) in [6.45, 7) is 3.38. The Morgan fingerprint density at radius 3 is 2.75 bits per heavy atom. The molecule has 0 bridgehead atoms. The number of aliphatic hydroxyl groups is 1. The maximum absolute atomic E-state index is 8.85. The zero-order valence-corrected chi connectivity index (χ0v) is 13.0. The summed E-state index contributed by atoms with van der Waals surface area (Å²) in [5.41, 5.74) is 2.15. The fourth-order valence-corrected chi connectivity index (χ4v) is 2.32. The van der Waals surface area contributed by atoms with Crippen LogP contribution in [0.3, 0.4) is 0 Å². The lowest BCUT2D eigenvalue weighted by Gasteiger charge is -2.16. The Bertz CT molecular complexity index is 526. The Kier molecular flexibility index (Phi) is 5.70. The molecule has 0 spiro atoms. The van der Waals surface area contributed by atoms with Gasteiger partial charge in [-0.2, -0.15) is 0 Å². The van der Waals surface area contributed by atoms with E-state index in [1.807, 2.05) is 6.20 Å². The van der Waals surface area contributed by atoms with Gasteiger partial charge in [0, 0.05) is 23.3 Å². The van der Waals surface area contributed by atoms with Gasteiger partial charge in [0.1, 0.15) is 0 Å². The summed E-state index contributed by atoms with van der Waals surface area (Å²) in [5, 5.41) is 20.4. The summed E-state index contributed by atoms with van der Waals surface area (Å²) >= 11 is 3.45. The van der Waals surface area contributed by atoms with Crippen LogP contribution >= 0.6 is 15.9 Å². The van der Waals surface area contributed by atoms with Crippen LogP contribution < -0.4 is 5.32 Å². The minimum atomic E-state index is 0.0761. The van der Waals surface area contributed by atoms with Crippen molar-refractivity contribution in [3.63, 3.8) is 0 Å². The molecule has 2 aromatic rings. The van der Waals surface area contributed by atoms with Crippen molar-refractivity contribution in [2.45, 2.75) is 32.5 Å². The van der Waals surface area contributed by atoms with E-state index in [1.165, 1.54) is 5.56 Å². The molecular formula is C14H19BrN4O. The predicted octanol–water partition coefficient (Wildman–Crippen LogP) is 2.27. The first-order chi connectivity index (χ1) is 9.72. The Hall–Kier alpha value is -1.24. The quantitative estimate of drug-likeness (QED) is 0.812. The summed E-state index contributed by atoms with van der Waals surface area (Å²) in [6.07, 6.45) is 2.87. The number of benzene rings is 1. The van der Waals surface area contributed by atoms with Crippen molar-refractivity contribution in [1.29, 1.82) is 0 Å². The molecule has 0 saturated heterocycles. The number of aromatic nitrogens is 3. The van der Waals surface area contributed by atoms with E-state index in [2.05, 4.69) is 62.7 Å². The molecule has 1 aromatic heterocycles. The first-order valence-electron chi connectivity index (χ1n) is 6.71. The molecule has 1 atom stereocenters. The zero-order valence-electron chi connectivity index (χ0n) is 11.5. The highest BCUT2D eigenvalue weighted by atomic mass is 79.9. The van der Waals surface area contributed by atoms with Gasteiger partial charge < -0.3 is 10.4 Å². The van der Waals surface area contributed by atoms with E-state index in [1.54, 1.807) is 4.68 Å². The molecule has 6 heteroatoms. The molecule has 2 rings (SSSR count). The number of nitrogens with zero attached hydrogens (tertiary/aromatic N) is 3. The first-order valence-corrected chi connectivity index (χ1v) is 7.51. The SMILES string of the molecule is CCC(NCc1cn(CCO)nn1)c1ccc(Br)cc1. The van der Waals surface area contributed by atoms with Crippen LogP contribution in [0.4, 0.5) is 0 Å². The molecule has 0 saturated carbocycles. The van der Waals surface area contributed by atoms with E-state index in [4.69, 9.17) is 5.11 Å². The van der Waals surface area contributed by atoms with Crippen molar-refractivity contribution in [3.05, 3.63) is 46.2 Å². The average molecular weight is 339 g/mol. The Morgan fingerprint density at radius 2 is 2.10 bits per heavy atom. The number of nitrogens with one attached hydrogen (secondary N) is 1. The van der Waals surface area contributed by atoms with Gasteiger partial charge in [-0.25, -0.2) is 4.68 Å². The molecule has 1 heterocycles. The normalized spacial score (nSPS) is 12.6. The van der Waals surface area contributed by atoms with E-state index in [0.29, 0.717) is 19.1 Å². The molecule has 20 heavy (non-hydrogen) atoms. The maximum Gasteiger partial charge on any atom is 0.0965 e. The van der Waals surface area contributed by atoms with Crippen molar-refractivity contribution < 1.29 is 5.11 Å². The monoisotopic (exact) mass is 338 g/mol. The first kappa shape index (κ1) is 15.2. The topological polar surface area (TPSA) is 63.0 Å². The molecule has 5 nitrogen and oxygen atoms in total. The van der Waals surface area contributed by atoms with Crippen molar-refractivity contribution in [3.8, 4) is 0 Å². The Balaban J connectivity index is 1.94. The molecule has 0 aliphatic rings. The predicted molar refractivity (Wildman–Crippen MR) is 81.1 cm³/mol. The summed E-state index contributed by atoms with van der Waals surface area (Å²) in [6, 6.07) is 8.64. The summed E-state index contributed by atoms with van der Waals surface area (Å²) in [4.78, 5) is 0. The molecule has 0 amide bonds. The molecular weight excluding hydrogens is 320 g/mol. The number of halogens is 1. The van der Waals surface area contributed by atoms with Crippen LogP contribution in [0.15, 0.2) is 34.9 Å². The van der Waals surface area contributed by atoms with Gasteiger partial charge in [-0.1, -0.05) is 40.2 Å². The number of hydrogen-bond acceptors (Lipinski definition) is 4. The lowest BCUT2D eigenvalue weighted by Crippen LogP contribution is -2.20. The largest absolute Gasteiger partial charge is 0.394 e. The van der Waals surface area contributed by atoms with Gasteiger partial charge in [0.05, 0.1) is 18.8 Å². The third kappa shape index (κ3) is 4.13. The molecule has 1 aromatic carbocycles. The van der Waals surface area contributed by atoms with Gasteiger partial charge in [-0.3, -0.25) is 0 Å². The second kappa shape index (κ2) is 7.52. The third-order valence-corrected chi connectivity index (χ3v) is 3.65. The van der Waals surface area contributed by atoms with Crippen LogP contribution in [-0.4, -0.2) is 26.7 Å². The second-order valence-electron chi connectivity index (χ2n) is 4.59. The minimum absolute atomic E-state index is 0.0761. The van der Waals surface area contributed by atoms with Gasteiger partial charge in [-0.05, 0) is 24.1 Å². The number of rotatable bonds is 7. The summed E-state index contributed by atoms with van der Waals surface area (Å²) in [5.74, 6) is 0. The fourth-order valence-electron chi connectivity index (χ4n) is 2.05. The van der Waals surface area contributed by atoms with Crippen LogP contribution in [0.1, 0.15) is 30.6 Å². The molecule has 0 aliphatic heterocycles. The van der Waals surface area contributed by atoms with Gasteiger partial charge >= 0.3 is 0 Å². The van der Waals surface area contributed by atoms with Crippen molar-refractivity contribution >= 4 is 15.9 Å². The molecule has 2 N–H and O–H groups in total. The van der Waals surface area contributed by atoms with Gasteiger partial charge in [0.25, 0.3) is 0 Å². The fraction of sp³-hybridized carbons (Fsp3) is 0.429. The van der Waals surface area contributed by atoms with Gasteiger partial charge in [0.2, 0.25) is 0 Å². The molecule has 0 aliphatic carbocycles. The van der Waals surface area contributed by atoms with E-state index in [-0.39, 0.29) is 6.61 Å². The maximum atomic E-state index is 8.85.